The number of para-hydroxylation sites is 1. The van der Waals surface area contributed by atoms with Gasteiger partial charge in [0.25, 0.3) is 0 Å². The molecule has 1 fully saturated rings. The van der Waals surface area contributed by atoms with Crippen LogP contribution in [0.15, 0.2) is 53.7 Å². The van der Waals surface area contributed by atoms with Gasteiger partial charge in [-0.15, -0.1) is 0 Å². The van der Waals surface area contributed by atoms with Crippen LogP contribution in [0.5, 0.6) is 0 Å². The monoisotopic (exact) mass is 252 g/mol. The summed E-state index contributed by atoms with van der Waals surface area (Å²) >= 11 is 0. The number of aliphatic imine (C=N–C) groups is 1. The number of benzene rings is 1. The molecular weight excluding hydrogens is 232 g/mol. The summed E-state index contributed by atoms with van der Waals surface area (Å²) in [5, 5.41) is 0. The van der Waals surface area contributed by atoms with Crippen LogP contribution in [0.25, 0.3) is 5.69 Å². The van der Waals surface area contributed by atoms with Crippen molar-refractivity contribution in [3.63, 3.8) is 0 Å². The van der Waals surface area contributed by atoms with Crippen LogP contribution in [0.3, 0.4) is 0 Å². The van der Waals surface area contributed by atoms with Gasteiger partial charge in [-0.25, -0.2) is 0 Å². The van der Waals surface area contributed by atoms with Crippen LogP contribution in [-0.4, -0.2) is 16.8 Å². The molecule has 0 radical (unpaired) electrons. The van der Waals surface area contributed by atoms with Crippen molar-refractivity contribution in [2.45, 2.75) is 38.1 Å². The first-order chi connectivity index (χ1) is 9.43. The van der Waals surface area contributed by atoms with E-state index in [1.807, 2.05) is 12.3 Å². The van der Waals surface area contributed by atoms with Crippen molar-refractivity contribution >= 4 is 6.21 Å². The lowest BCUT2D eigenvalue weighted by Crippen LogP contribution is -2.10. The van der Waals surface area contributed by atoms with E-state index in [0.717, 1.165) is 5.69 Å². The Kier molecular flexibility index (Phi) is 3.78. The van der Waals surface area contributed by atoms with Gasteiger partial charge in [-0.3, -0.25) is 4.99 Å². The second-order valence-corrected chi connectivity index (χ2v) is 5.21. The molecule has 0 amide bonds. The van der Waals surface area contributed by atoms with Crippen LogP contribution in [0, 0.1) is 0 Å². The minimum absolute atomic E-state index is 0.535. The van der Waals surface area contributed by atoms with E-state index in [0.29, 0.717) is 6.04 Å². The molecule has 0 saturated heterocycles. The van der Waals surface area contributed by atoms with Crippen LogP contribution in [-0.2, 0) is 0 Å². The highest BCUT2D eigenvalue weighted by Gasteiger charge is 2.11. The Morgan fingerprint density at radius 1 is 0.947 bits per heavy atom. The van der Waals surface area contributed by atoms with Gasteiger partial charge in [0.1, 0.15) is 0 Å². The Morgan fingerprint density at radius 2 is 1.74 bits per heavy atom. The highest BCUT2D eigenvalue weighted by molar-refractivity contribution is 5.78. The fourth-order valence-corrected chi connectivity index (χ4v) is 2.73. The van der Waals surface area contributed by atoms with E-state index in [-0.39, 0.29) is 0 Å². The quantitative estimate of drug-likeness (QED) is 0.727. The van der Waals surface area contributed by atoms with Crippen molar-refractivity contribution in [3.05, 3.63) is 54.4 Å². The minimum atomic E-state index is 0.535. The first-order valence-electron chi connectivity index (χ1n) is 7.19. The van der Waals surface area contributed by atoms with E-state index in [4.69, 9.17) is 4.99 Å². The van der Waals surface area contributed by atoms with Gasteiger partial charge in [-0.2, -0.15) is 0 Å². The molecule has 1 aromatic heterocycles. The molecule has 2 nitrogen and oxygen atoms in total. The Labute approximate surface area is 114 Å². The molecule has 19 heavy (non-hydrogen) atoms. The van der Waals surface area contributed by atoms with Crippen molar-refractivity contribution in [1.29, 1.82) is 0 Å². The van der Waals surface area contributed by atoms with Crippen LogP contribution in [0.1, 0.15) is 37.8 Å². The molecule has 1 aliphatic rings. The van der Waals surface area contributed by atoms with Gasteiger partial charge >= 0.3 is 0 Å². The van der Waals surface area contributed by atoms with E-state index < -0.39 is 0 Å². The summed E-state index contributed by atoms with van der Waals surface area (Å²) in [6.07, 6.45) is 10.7. The summed E-state index contributed by atoms with van der Waals surface area (Å²) in [4.78, 5) is 4.77. The summed E-state index contributed by atoms with van der Waals surface area (Å²) in [7, 11) is 0. The third kappa shape index (κ3) is 2.95. The molecule has 0 spiro atoms. The lowest BCUT2D eigenvalue weighted by atomic mass is 9.96. The summed E-state index contributed by atoms with van der Waals surface area (Å²) in [5.74, 6) is 0. The Morgan fingerprint density at radius 3 is 2.53 bits per heavy atom. The van der Waals surface area contributed by atoms with Gasteiger partial charge in [-0.1, -0.05) is 37.5 Å². The van der Waals surface area contributed by atoms with Gasteiger partial charge in [0.2, 0.25) is 0 Å². The number of rotatable bonds is 3. The Bertz CT molecular complexity index is 533. The molecule has 3 rings (SSSR count). The van der Waals surface area contributed by atoms with E-state index in [1.165, 1.54) is 37.8 Å². The topological polar surface area (TPSA) is 17.3 Å². The van der Waals surface area contributed by atoms with Crippen LogP contribution in [0.2, 0.25) is 0 Å². The van der Waals surface area contributed by atoms with Gasteiger partial charge < -0.3 is 4.57 Å². The van der Waals surface area contributed by atoms with Crippen molar-refractivity contribution in [3.8, 4) is 5.69 Å². The van der Waals surface area contributed by atoms with Gasteiger partial charge in [0.05, 0.1) is 11.7 Å². The molecule has 0 aliphatic heterocycles. The summed E-state index contributed by atoms with van der Waals surface area (Å²) in [6, 6.07) is 15.2. The molecule has 0 bridgehead atoms. The molecule has 1 heterocycles. The summed E-state index contributed by atoms with van der Waals surface area (Å²) < 4.78 is 2.19. The second-order valence-electron chi connectivity index (χ2n) is 5.21. The lowest BCUT2D eigenvalue weighted by molar-refractivity contribution is 0.444. The van der Waals surface area contributed by atoms with Crippen molar-refractivity contribution in [2.24, 2.45) is 4.99 Å². The van der Waals surface area contributed by atoms with Crippen LogP contribution >= 0.6 is 0 Å². The predicted molar refractivity (Wildman–Crippen MR) is 80.2 cm³/mol. The third-order valence-corrected chi connectivity index (χ3v) is 3.81. The average molecular weight is 252 g/mol. The zero-order valence-electron chi connectivity index (χ0n) is 11.2. The van der Waals surface area contributed by atoms with E-state index >= 15 is 0 Å². The average Bonchev–Trinajstić information content (AvgIpc) is 2.95. The normalized spacial score (nSPS) is 17.1. The molecule has 1 saturated carbocycles. The first kappa shape index (κ1) is 12.2. The van der Waals surface area contributed by atoms with E-state index in [1.54, 1.807) is 0 Å². The Hall–Kier alpha value is -1.83. The van der Waals surface area contributed by atoms with E-state index in [2.05, 4.69) is 47.2 Å². The third-order valence-electron chi connectivity index (χ3n) is 3.81. The van der Waals surface area contributed by atoms with Crippen LogP contribution in [0.4, 0.5) is 0 Å². The maximum Gasteiger partial charge on any atom is 0.0634 e. The number of hydrogen-bond donors (Lipinski definition) is 0. The number of aromatic nitrogens is 1. The highest BCUT2D eigenvalue weighted by atomic mass is 15.0. The zero-order valence-corrected chi connectivity index (χ0v) is 11.2. The van der Waals surface area contributed by atoms with Gasteiger partial charge in [0.15, 0.2) is 0 Å². The minimum Gasteiger partial charge on any atom is -0.316 e. The molecule has 1 aromatic carbocycles. The summed E-state index contributed by atoms with van der Waals surface area (Å²) in [6.45, 7) is 0. The smallest absolute Gasteiger partial charge is 0.0634 e. The second kappa shape index (κ2) is 5.87. The highest BCUT2D eigenvalue weighted by Crippen LogP contribution is 2.20. The number of nitrogens with zero attached hydrogens (tertiary/aromatic N) is 2. The standard InChI is InChI=1S/C17H20N2/c1-3-8-15(9-4-1)18-14-17-12-7-13-19(17)16-10-5-2-6-11-16/h2,5-7,10-15H,1,3-4,8-9H2. The SMILES string of the molecule is C(=NC1CCCCC1)c1cccn1-c1ccccc1. The first-order valence-corrected chi connectivity index (χ1v) is 7.19. The Balaban J connectivity index is 1.78. The largest absolute Gasteiger partial charge is 0.316 e. The lowest BCUT2D eigenvalue weighted by Gasteiger charge is -2.17. The molecule has 2 aromatic rings. The van der Waals surface area contributed by atoms with Crippen molar-refractivity contribution in [1.82, 2.24) is 4.57 Å². The van der Waals surface area contributed by atoms with Crippen molar-refractivity contribution in [2.75, 3.05) is 0 Å². The zero-order chi connectivity index (χ0) is 12.9. The molecule has 1 aliphatic carbocycles. The van der Waals surface area contributed by atoms with Gasteiger partial charge in [-0.05, 0) is 37.1 Å². The van der Waals surface area contributed by atoms with Gasteiger partial charge in [0, 0.05) is 18.1 Å². The summed E-state index contributed by atoms with van der Waals surface area (Å²) in [5.41, 5.74) is 2.36. The molecular formula is C17H20N2. The molecule has 98 valence electrons. The fraction of sp³-hybridized carbons (Fsp3) is 0.353. The van der Waals surface area contributed by atoms with E-state index in [9.17, 15) is 0 Å². The molecule has 0 atom stereocenters. The van der Waals surface area contributed by atoms with Crippen molar-refractivity contribution < 1.29 is 0 Å². The van der Waals surface area contributed by atoms with Crippen LogP contribution < -0.4 is 0 Å². The molecule has 0 N–H and O–H groups in total. The number of hydrogen-bond acceptors (Lipinski definition) is 1. The molecule has 0 unspecified atom stereocenters. The fourth-order valence-electron chi connectivity index (χ4n) is 2.73. The molecule has 2 heteroatoms. The maximum absolute atomic E-state index is 4.77. The maximum atomic E-state index is 4.77. The predicted octanol–water partition coefficient (Wildman–Crippen LogP) is 4.23.